The number of nitrogens with one attached hydrogen (secondary N) is 2. The second kappa shape index (κ2) is 7.67. The molecule has 1 aliphatic rings. The molecule has 1 aliphatic heterocycles. The number of aromatic nitrogens is 4. The number of hydrogen-bond donors (Lipinski definition) is 2. The van der Waals surface area contributed by atoms with E-state index in [1.165, 1.54) is 0 Å². The molecule has 0 radical (unpaired) electrons. The molecule has 0 bridgehead atoms. The highest BCUT2D eigenvalue weighted by Crippen LogP contribution is 2.27. The van der Waals surface area contributed by atoms with Crippen LogP contribution in [0.4, 0.5) is 5.95 Å². The van der Waals surface area contributed by atoms with E-state index in [4.69, 9.17) is 21.1 Å². The summed E-state index contributed by atoms with van der Waals surface area (Å²) in [5.74, 6) is 0.568. The smallest absolute Gasteiger partial charge is 0.274 e. The summed E-state index contributed by atoms with van der Waals surface area (Å²) in [4.78, 5) is 17.2. The number of carbonyl (C=O) groups is 1. The average molecular weight is 390 g/mol. The fourth-order valence-electron chi connectivity index (χ4n) is 3.29. The fraction of sp³-hybridized carbons (Fsp3) is 0.389. The molecule has 2 N–H and O–H groups in total. The third-order valence-corrected chi connectivity index (χ3v) is 4.81. The molecule has 0 saturated carbocycles. The maximum Gasteiger partial charge on any atom is 0.274 e. The summed E-state index contributed by atoms with van der Waals surface area (Å²) in [5.41, 5.74) is 1.41. The molecule has 1 saturated heterocycles. The Morgan fingerprint density at radius 3 is 3.15 bits per heavy atom. The van der Waals surface area contributed by atoms with Gasteiger partial charge in [-0.3, -0.25) is 15.2 Å². The van der Waals surface area contributed by atoms with Crippen LogP contribution in [-0.4, -0.2) is 46.0 Å². The van der Waals surface area contributed by atoms with E-state index >= 15 is 0 Å². The highest BCUT2D eigenvalue weighted by atomic mass is 35.5. The lowest BCUT2D eigenvalue weighted by atomic mass is 10.2. The van der Waals surface area contributed by atoms with Gasteiger partial charge in [-0.15, -0.1) is 5.10 Å². The van der Waals surface area contributed by atoms with Crippen molar-refractivity contribution in [3.8, 4) is 0 Å². The highest BCUT2D eigenvalue weighted by Gasteiger charge is 2.23. The monoisotopic (exact) mass is 389 g/mol. The van der Waals surface area contributed by atoms with E-state index in [0.717, 1.165) is 30.4 Å². The minimum Gasteiger partial charge on any atom is -0.383 e. The second-order valence-corrected chi connectivity index (χ2v) is 6.81. The van der Waals surface area contributed by atoms with Gasteiger partial charge in [-0.2, -0.15) is 4.98 Å². The number of fused-ring (bicyclic) bond motifs is 1. The van der Waals surface area contributed by atoms with Crippen molar-refractivity contribution in [1.29, 1.82) is 0 Å². The number of amides is 1. The first kappa shape index (κ1) is 18.0. The van der Waals surface area contributed by atoms with Crippen LogP contribution < -0.4 is 5.32 Å². The Hall–Kier alpha value is -2.42. The molecular formula is C18H20ClN5O3. The average Bonchev–Trinajstić information content (AvgIpc) is 3.39. The van der Waals surface area contributed by atoms with Crippen LogP contribution in [0.1, 0.15) is 35.3 Å². The Morgan fingerprint density at radius 1 is 1.48 bits per heavy atom. The van der Waals surface area contributed by atoms with E-state index in [0.29, 0.717) is 29.7 Å². The van der Waals surface area contributed by atoms with Gasteiger partial charge in [0.15, 0.2) is 5.82 Å². The second-order valence-electron chi connectivity index (χ2n) is 6.38. The van der Waals surface area contributed by atoms with Crippen molar-refractivity contribution in [3.05, 3.63) is 40.8 Å². The van der Waals surface area contributed by atoms with Crippen LogP contribution in [0.25, 0.3) is 10.9 Å². The molecule has 8 nitrogen and oxygen atoms in total. The Balaban J connectivity index is 1.59. The lowest BCUT2D eigenvalue weighted by Crippen LogP contribution is -2.19. The first-order chi connectivity index (χ1) is 13.2. The summed E-state index contributed by atoms with van der Waals surface area (Å²) in [7, 11) is 1.63. The molecule has 0 aliphatic carbocycles. The molecule has 2 aromatic heterocycles. The Morgan fingerprint density at radius 2 is 2.37 bits per heavy atom. The Labute approximate surface area is 160 Å². The van der Waals surface area contributed by atoms with Gasteiger partial charge in [-0.25, -0.2) is 0 Å². The predicted octanol–water partition coefficient (Wildman–Crippen LogP) is 3.16. The lowest BCUT2D eigenvalue weighted by molar-refractivity contribution is 0.101. The zero-order chi connectivity index (χ0) is 18.8. The van der Waals surface area contributed by atoms with Crippen molar-refractivity contribution in [2.24, 2.45) is 0 Å². The van der Waals surface area contributed by atoms with Crippen LogP contribution in [0.5, 0.6) is 0 Å². The first-order valence-electron chi connectivity index (χ1n) is 8.78. The number of nitrogens with zero attached hydrogens (tertiary/aromatic N) is 3. The number of methoxy groups -OCH3 is 1. The van der Waals surface area contributed by atoms with Gasteiger partial charge in [0, 0.05) is 36.2 Å². The summed E-state index contributed by atoms with van der Waals surface area (Å²) in [6.45, 7) is 1.74. The maximum atomic E-state index is 12.9. The van der Waals surface area contributed by atoms with Crippen LogP contribution in [0.3, 0.4) is 0 Å². The predicted molar refractivity (Wildman–Crippen MR) is 101 cm³/mol. The fourth-order valence-corrected chi connectivity index (χ4v) is 3.47. The van der Waals surface area contributed by atoms with Gasteiger partial charge < -0.3 is 14.0 Å². The third kappa shape index (κ3) is 3.69. The van der Waals surface area contributed by atoms with Gasteiger partial charge in [0.2, 0.25) is 5.95 Å². The highest BCUT2D eigenvalue weighted by molar-refractivity contribution is 6.31. The number of carbonyl (C=O) groups excluding carboxylic acids is 1. The summed E-state index contributed by atoms with van der Waals surface area (Å²) < 4.78 is 12.7. The molecule has 3 aromatic rings. The van der Waals surface area contributed by atoms with Gasteiger partial charge >= 0.3 is 0 Å². The number of H-pyrrole nitrogens is 1. The number of rotatable bonds is 6. The molecule has 27 heavy (non-hydrogen) atoms. The number of halogens is 1. The van der Waals surface area contributed by atoms with Gasteiger partial charge in [-0.05, 0) is 37.1 Å². The van der Waals surface area contributed by atoms with Crippen molar-refractivity contribution < 1.29 is 14.3 Å². The summed E-state index contributed by atoms with van der Waals surface area (Å²) in [6, 6.07) is 7.34. The van der Waals surface area contributed by atoms with Crippen molar-refractivity contribution in [2.45, 2.75) is 25.5 Å². The van der Waals surface area contributed by atoms with Crippen LogP contribution in [-0.2, 0) is 16.0 Å². The third-order valence-electron chi connectivity index (χ3n) is 4.58. The molecular weight excluding hydrogens is 370 g/mol. The normalized spacial score (nSPS) is 16.9. The van der Waals surface area contributed by atoms with Crippen molar-refractivity contribution >= 4 is 34.4 Å². The molecule has 9 heteroatoms. The minimum absolute atomic E-state index is 0.0848. The number of anilines is 1. The number of benzene rings is 1. The van der Waals surface area contributed by atoms with E-state index in [-0.39, 0.29) is 18.0 Å². The molecule has 1 fully saturated rings. The van der Waals surface area contributed by atoms with Gasteiger partial charge in [0.05, 0.1) is 6.61 Å². The zero-order valence-corrected chi connectivity index (χ0v) is 15.6. The van der Waals surface area contributed by atoms with Gasteiger partial charge in [0.25, 0.3) is 5.91 Å². The van der Waals surface area contributed by atoms with Crippen LogP contribution in [0, 0.1) is 0 Å². The molecule has 1 unspecified atom stereocenters. The molecule has 142 valence electrons. The maximum absolute atomic E-state index is 12.9. The molecule has 4 rings (SSSR count). The Kier molecular flexibility index (Phi) is 5.11. The summed E-state index contributed by atoms with van der Waals surface area (Å²) in [5, 5.41) is 11.2. The minimum atomic E-state index is -0.295. The van der Waals surface area contributed by atoms with Crippen LogP contribution >= 0.6 is 11.6 Å². The van der Waals surface area contributed by atoms with Gasteiger partial charge in [-0.1, -0.05) is 11.6 Å². The SMILES string of the molecule is COCCn1c(C(=O)Nc2n[nH]c(C3CCCO3)n2)cc2cc(Cl)ccc21. The largest absolute Gasteiger partial charge is 0.383 e. The molecule has 1 atom stereocenters. The zero-order valence-electron chi connectivity index (χ0n) is 14.9. The van der Waals surface area contributed by atoms with Crippen molar-refractivity contribution in [2.75, 3.05) is 25.6 Å². The van der Waals surface area contributed by atoms with E-state index in [1.54, 1.807) is 19.2 Å². The quantitative estimate of drug-likeness (QED) is 0.675. The summed E-state index contributed by atoms with van der Waals surface area (Å²) in [6.07, 6.45) is 1.81. The first-order valence-corrected chi connectivity index (χ1v) is 9.16. The molecule has 1 aromatic carbocycles. The molecule has 1 amide bonds. The number of hydrogen-bond acceptors (Lipinski definition) is 5. The van der Waals surface area contributed by atoms with Gasteiger partial charge in [0.1, 0.15) is 11.8 Å². The van der Waals surface area contributed by atoms with E-state index in [2.05, 4.69) is 20.5 Å². The standard InChI is InChI=1S/C18H20ClN5O3/c1-26-8-6-24-13-5-4-12(19)9-11(13)10-14(24)17(25)21-18-20-16(22-23-18)15-3-2-7-27-15/h4-5,9-10,15H,2-3,6-8H2,1H3,(H2,20,21,22,23,25). The van der Waals surface area contributed by atoms with Crippen LogP contribution in [0.2, 0.25) is 5.02 Å². The number of ether oxygens (including phenoxy) is 2. The molecule has 3 heterocycles. The van der Waals surface area contributed by atoms with E-state index < -0.39 is 0 Å². The van der Waals surface area contributed by atoms with Crippen LogP contribution in [0.15, 0.2) is 24.3 Å². The topological polar surface area (TPSA) is 94.1 Å². The van der Waals surface area contributed by atoms with Crippen molar-refractivity contribution in [1.82, 2.24) is 19.7 Å². The summed E-state index contributed by atoms with van der Waals surface area (Å²) >= 11 is 6.09. The van der Waals surface area contributed by atoms with E-state index in [1.807, 2.05) is 16.7 Å². The van der Waals surface area contributed by atoms with Crippen molar-refractivity contribution in [3.63, 3.8) is 0 Å². The lowest BCUT2D eigenvalue weighted by Gasteiger charge is -2.09. The Bertz CT molecular complexity index is 961. The molecule has 0 spiro atoms. The van der Waals surface area contributed by atoms with E-state index in [9.17, 15) is 4.79 Å². The number of aromatic amines is 1.